The summed E-state index contributed by atoms with van der Waals surface area (Å²) < 4.78 is 5.02. The zero-order chi connectivity index (χ0) is 23.7. The van der Waals surface area contributed by atoms with Crippen molar-refractivity contribution in [2.24, 2.45) is 23.1 Å². The van der Waals surface area contributed by atoms with E-state index < -0.39 is 18.0 Å². The molecule has 0 saturated heterocycles. The number of primary amides is 1. The standard InChI is InChI=1S/C14H26N6O4.C2H5NO.C2H2/c1-8(2)11(13(21)22)19-14(23)17-7-10-18-12(20-24-10)9(16)5-3-4-6-15;1-2(3)4;1-2/h8-9,11H,3-7,15-16H2,1-2H3,(H,21,22)(H2,17,19,23);1H3,(H2,3,4);1-2H/t9-,11?;;/m0../s1. The number of hydrogen-bond acceptors (Lipinski definition) is 8. The number of nitrogens with two attached hydrogens (primary N) is 3. The Morgan fingerprint density at radius 2 is 1.80 bits per heavy atom. The van der Waals surface area contributed by atoms with Crippen LogP contribution in [0.2, 0.25) is 0 Å². The number of amides is 3. The van der Waals surface area contributed by atoms with Crippen LogP contribution in [-0.4, -0.2) is 45.7 Å². The Morgan fingerprint density at radius 1 is 1.23 bits per heavy atom. The molecule has 0 spiro atoms. The van der Waals surface area contributed by atoms with Gasteiger partial charge in [-0.3, -0.25) is 4.79 Å². The number of carbonyl (C=O) groups excluding carboxylic acids is 2. The highest BCUT2D eigenvalue weighted by atomic mass is 16.5. The highest BCUT2D eigenvalue weighted by molar-refractivity contribution is 5.82. The molecule has 0 radical (unpaired) electrons. The molecule has 1 rings (SSSR count). The summed E-state index contributed by atoms with van der Waals surface area (Å²) in [4.78, 5) is 36.1. The average molecular weight is 428 g/mol. The number of carboxylic acid groups (broad SMARTS) is 1. The summed E-state index contributed by atoms with van der Waals surface area (Å²) in [5.74, 6) is -1.10. The highest BCUT2D eigenvalue weighted by Gasteiger charge is 2.23. The summed E-state index contributed by atoms with van der Waals surface area (Å²) in [6.45, 7) is 5.31. The van der Waals surface area contributed by atoms with Gasteiger partial charge in [-0.1, -0.05) is 25.4 Å². The van der Waals surface area contributed by atoms with Gasteiger partial charge in [-0.05, 0) is 25.3 Å². The summed E-state index contributed by atoms with van der Waals surface area (Å²) in [6, 6.07) is -1.94. The van der Waals surface area contributed by atoms with E-state index in [0.717, 1.165) is 12.8 Å². The maximum atomic E-state index is 11.7. The van der Waals surface area contributed by atoms with Crippen LogP contribution in [-0.2, 0) is 16.1 Å². The average Bonchev–Trinajstić information content (AvgIpc) is 3.14. The minimum absolute atomic E-state index is 0.0151. The molecule has 1 unspecified atom stereocenters. The first-order valence-electron chi connectivity index (χ1n) is 9.23. The number of terminal acetylenes is 1. The van der Waals surface area contributed by atoms with Crippen LogP contribution in [0.3, 0.4) is 0 Å². The molecule has 1 aromatic heterocycles. The summed E-state index contributed by atoms with van der Waals surface area (Å²) in [5, 5.41) is 17.7. The Hall–Kier alpha value is -3.17. The maximum Gasteiger partial charge on any atom is 0.326 e. The molecule has 170 valence electrons. The van der Waals surface area contributed by atoms with Crippen LogP contribution in [0, 0.1) is 18.8 Å². The lowest BCUT2D eigenvalue weighted by molar-refractivity contribution is -0.140. The van der Waals surface area contributed by atoms with Gasteiger partial charge in [-0.2, -0.15) is 4.98 Å². The minimum Gasteiger partial charge on any atom is -0.480 e. The lowest BCUT2D eigenvalue weighted by Gasteiger charge is -2.17. The first-order valence-corrected chi connectivity index (χ1v) is 9.23. The largest absolute Gasteiger partial charge is 0.480 e. The Morgan fingerprint density at radius 3 is 2.27 bits per heavy atom. The molecule has 0 aliphatic carbocycles. The van der Waals surface area contributed by atoms with Gasteiger partial charge in [-0.15, -0.1) is 12.8 Å². The Bertz CT molecular complexity index is 656. The Labute approximate surface area is 176 Å². The van der Waals surface area contributed by atoms with Gasteiger partial charge in [0.2, 0.25) is 11.8 Å². The second-order valence-corrected chi connectivity index (χ2v) is 6.43. The van der Waals surface area contributed by atoms with Gasteiger partial charge in [0.1, 0.15) is 6.04 Å². The van der Waals surface area contributed by atoms with E-state index >= 15 is 0 Å². The Balaban J connectivity index is 0. The van der Waals surface area contributed by atoms with E-state index in [9.17, 15) is 14.4 Å². The summed E-state index contributed by atoms with van der Waals surface area (Å²) in [6.07, 6.45) is 10.4. The molecule has 1 aromatic rings. The molecule has 0 saturated carbocycles. The number of nitrogens with one attached hydrogen (secondary N) is 2. The lowest BCUT2D eigenvalue weighted by Crippen LogP contribution is -2.48. The molecule has 0 aromatic carbocycles. The molecule has 0 fully saturated rings. The number of aliphatic carboxylic acids is 1. The van der Waals surface area contributed by atoms with Crippen LogP contribution in [0.5, 0.6) is 0 Å². The van der Waals surface area contributed by atoms with Crippen molar-refractivity contribution in [2.45, 2.75) is 58.7 Å². The van der Waals surface area contributed by atoms with Crippen LogP contribution < -0.4 is 27.8 Å². The smallest absolute Gasteiger partial charge is 0.326 e. The predicted octanol–water partition coefficient (Wildman–Crippen LogP) is -0.152. The summed E-state index contributed by atoms with van der Waals surface area (Å²) >= 11 is 0. The second-order valence-electron chi connectivity index (χ2n) is 6.43. The predicted molar refractivity (Wildman–Crippen MR) is 111 cm³/mol. The van der Waals surface area contributed by atoms with Crippen molar-refractivity contribution >= 4 is 17.9 Å². The first kappa shape index (κ1) is 29.0. The van der Waals surface area contributed by atoms with Crippen molar-refractivity contribution in [1.29, 1.82) is 0 Å². The van der Waals surface area contributed by atoms with Gasteiger partial charge < -0.3 is 37.5 Å². The molecular weight excluding hydrogens is 394 g/mol. The van der Waals surface area contributed by atoms with Gasteiger partial charge in [0.25, 0.3) is 0 Å². The van der Waals surface area contributed by atoms with Crippen molar-refractivity contribution in [3.8, 4) is 12.8 Å². The second kappa shape index (κ2) is 16.8. The van der Waals surface area contributed by atoms with E-state index in [0.29, 0.717) is 18.8 Å². The molecule has 12 nitrogen and oxygen atoms in total. The number of nitrogens with zero attached hydrogens (tertiary/aromatic N) is 2. The molecule has 0 aliphatic heterocycles. The fourth-order valence-electron chi connectivity index (χ4n) is 1.99. The molecule has 3 amide bonds. The monoisotopic (exact) mass is 427 g/mol. The molecule has 0 aliphatic rings. The number of carboxylic acids is 1. The third kappa shape index (κ3) is 13.9. The topological polar surface area (TPSA) is 212 Å². The molecule has 30 heavy (non-hydrogen) atoms. The van der Waals surface area contributed by atoms with Gasteiger partial charge in [0, 0.05) is 6.92 Å². The van der Waals surface area contributed by atoms with Crippen LogP contribution in [0.1, 0.15) is 57.8 Å². The van der Waals surface area contributed by atoms with Gasteiger partial charge >= 0.3 is 12.0 Å². The normalized spacial score (nSPS) is 11.7. The number of aromatic nitrogens is 2. The lowest BCUT2D eigenvalue weighted by atomic mass is 10.1. The Kier molecular flexibility index (Phi) is 16.2. The van der Waals surface area contributed by atoms with Crippen molar-refractivity contribution in [3.05, 3.63) is 11.7 Å². The van der Waals surface area contributed by atoms with Crippen molar-refractivity contribution in [1.82, 2.24) is 20.8 Å². The third-order valence-corrected chi connectivity index (χ3v) is 3.40. The van der Waals surface area contributed by atoms with Crippen molar-refractivity contribution in [3.63, 3.8) is 0 Å². The molecule has 12 heteroatoms. The molecule has 2 atom stereocenters. The summed E-state index contributed by atoms with van der Waals surface area (Å²) in [5.41, 5.74) is 15.8. The molecule has 9 N–H and O–H groups in total. The minimum atomic E-state index is -1.09. The van der Waals surface area contributed by atoms with Gasteiger partial charge in [0.05, 0.1) is 12.6 Å². The van der Waals surface area contributed by atoms with Crippen LogP contribution in [0.25, 0.3) is 0 Å². The third-order valence-electron chi connectivity index (χ3n) is 3.40. The number of rotatable bonds is 10. The molecular formula is C18H33N7O5. The molecule has 0 bridgehead atoms. The van der Waals surface area contributed by atoms with Crippen molar-refractivity contribution < 1.29 is 24.0 Å². The van der Waals surface area contributed by atoms with E-state index in [2.05, 4.69) is 39.4 Å². The maximum absolute atomic E-state index is 11.7. The van der Waals surface area contributed by atoms with Gasteiger partial charge in [0.15, 0.2) is 5.82 Å². The van der Waals surface area contributed by atoms with E-state index in [4.69, 9.17) is 21.1 Å². The SMILES string of the molecule is C#C.CC(C)C(NC(=O)NCc1nc([C@@H](N)CCCCN)no1)C(=O)O.CC(N)=O. The highest BCUT2D eigenvalue weighted by Crippen LogP contribution is 2.13. The fraction of sp³-hybridized carbons (Fsp3) is 0.611. The summed E-state index contributed by atoms with van der Waals surface area (Å²) in [7, 11) is 0. The first-order chi connectivity index (χ1) is 14.1. The van der Waals surface area contributed by atoms with Crippen LogP contribution in [0.4, 0.5) is 4.79 Å². The van der Waals surface area contributed by atoms with E-state index in [1.165, 1.54) is 6.92 Å². The number of carbonyl (C=O) groups is 3. The number of unbranched alkanes of at least 4 members (excludes halogenated alkanes) is 1. The zero-order valence-corrected chi connectivity index (χ0v) is 17.6. The van der Waals surface area contributed by atoms with Gasteiger partial charge in [-0.25, -0.2) is 9.59 Å². The quantitative estimate of drug-likeness (QED) is 0.216. The number of hydrogen-bond donors (Lipinski definition) is 6. The van der Waals surface area contributed by atoms with E-state index in [1.54, 1.807) is 13.8 Å². The van der Waals surface area contributed by atoms with Crippen LogP contribution >= 0.6 is 0 Å². The van der Waals surface area contributed by atoms with Crippen molar-refractivity contribution in [2.75, 3.05) is 6.54 Å². The van der Waals surface area contributed by atoms with E-state index in [-0.39, 0.29) is 30.3 Å². The zero-order valence-electron chi connectivity index (χ0n) is 17.6. The van der Waals surface area contributed by atoms with E-state index in [1.807, 2.05) is 0 Å². The fourth-order valence-corrected chi connectivity index (χ4v) is 1.99. The number of urea groups is 1. The van der Waals surface area contributed by atoms with Crippen LogP contribution in [0.15, 0.2) is 4.52 Å². The molecule has 1 heterocycles.